The summed E-state index contributed by atoms with van der Waals surface area (Å²) in [7, 11) is -4.81. The molecule has 0 bridgehead atoms. The number of carbonyl (C=O) groups excluding carboxylic acids is 3. The van der Waals surface area contributed by atoms with Crippen molar-refractivity contribution in [1.82, 2.24) is 16.0 Å². The molecule has 10 nitrogen and oxygen atoms in total. The normalized spacial score (nSPS) is 14.1. The molecule has 4 atom stereocenters. The Morgan fingerprint density at radius 2 is 1.33 bits per heavy atom. The Morgan fingerprint density at radius 3 is 1.86 bits per heavy atom. The van der Waals surface area contributed by atoms with Crippen molar-refractivity contribution in [3.8, 4) is 5.75 Å². The Kier molecular flexibility index (Phi) is 12.5. The third-order valence-corrected chi connectivity index (χ3v) is 8.21. The summed E-state index contributed by atoms with van der Waals surface area (Å²) in [6.07, 6.45) is 0.527. The number of benzene rings is 3. The second-order valence-corrected chi connectivity index (χ2v) is 12.4. The van der Waals surface area contributed by atoms with Gasteiger partial charge in [0.15, 0.2) is 0 Å². The predicted molar refractivity (Wildman–Crippen MR) is 164 cm³/mol. The van der Waals surface area contributed by atoms with Gasteiger partial charge in [0.05, 0.1) is 0 Å². The number of rotatable bonds is 15. The van der Waals surface area contributed by atoms with Gasteiger partial charge in [-0.1, -0.05) is 93.1 Å². The van der Waals surface area contributed by atoms with Gasteiger partial charge < -0.3 is 30.5 Å². The summed E-state index contributed by atoms with van der Waals surface area (Å²) in [6, 6.07) is 23.3. The molecule has 0 fully saturated rings. The first kappa shape index (κ1) is 33.5. The maximum atomic E-state index is 13.5. The zero-order chi connectivity index (χ0) is 31.4. The van der Waals surface area contributed by atoms with Gasteiger partial charge >= 0.3 is 7.60 Å². The van der Waals surface area contributed by atoms with E-state index in [1.54, 1.807) is 48.5 Å². The molecule has 5 N–H and O–H groups in total. The monoisotopic (exact) mass is 609 g/mol. The minimum Gasteiger partial charge on any atom is -0.489 e. The first-order chi connectivity index (χ1) is 20.5. The molecule has 0 saturated carbocycles. The maximum Gasteiger partial charge on any atom is 0.347 e. The first-order valence-corrected chi connectivity index (χ1v) is 15.9. The minimum atomic E-state index is -4.81. The Hall–Kier alpha value is -3.98. The zero-order valence-corrected chi connectivity index (χ0v) is 25.5. The molecule has 0 aliphatic rings. The van der Waals surface area contributed by atoms with Gasteiger partial charge in [0, 0.05) is 19.8 Å². The van der Waals surface area contributed by atoms with E-state index in [2.05, 4.69) is 16.0 Å². The largest absolute Gasteiger partial charge is 0.489 e. The molecule has 0 radical (unpaired) electrons. The van der Waals surface area contributed by atoms with Crippen LogP contribution < -0.4 is 20.7 Å². The molecule has 0 spiro atoms. The fraction of sp³-hybridized carbons (Fsp3) is 0.344. The van der Waals surface area contributed by atoms with Crippen LogP contribution in [0, 0.1) is 5.92 Å². The van der Waals surface area contributed by atoms with Crippen LogP contribution in [0.15, 0.2) is 84.9 Å². The maximum absolute atomic E-state index is 13.5. The summed E-state index contributed by atoms with van der Waals surface area (Å²) >= 11 is 0. The Labute approximate surface area is 252 Å². The Balaban J connectivity index is 1.75. The average molecular weight is 610 g/mol. The van der Waals surface area contributed by atoms with Gasteiger partial charge in [0.25, 0.3) is 0 Å². The Bertz CT molecular complexity index is 1380. The SMILES string of the molecule is CC[C@H](C)[C@H](NC(C)=O)C(=O)N[C@@H](Cc1ccccc1)C(=O)N[C@@H](Cc1ccc(OCc2ccccc2)cc1)P(=O)(O)O. The lowest BCUT2D eigenvalue weighted by Gasteiger charge is -2.28. The lowest BCUT2D eigenvalue weighted by atomic mass is 9.97. The van der Waals surface area contributed by atoms with Gasteiger partial charge in [0.2, 0.25) is 17.7 Å². The molecule has 0 unspecified atom stereocenters. The van der Waals surface area contributed by atoms with E-state index in [0.29, 0.717) is 24.3 Å². The molecule has 0 saturated heterocycles. The standard InChI is InChI=1S/C32H40N3O7P/c1-4-22(2)30(33-23(3)36)32(38)34-28(19-24-11-7-5-8-12-24)31(37)35-29(43(39,40)41)20-25-15-17-27(18-16-25)42-21-26-13-9-6-10-14-26/h5-18,22,28-30H,4,19-21H2,1-3H3,(H,33,36)(H,34,38)(H,35,37)(H2,39,40,41)/t22-,28-,29+,30-/m0/s1. The van der Waals surface area contributed by atoms with Gasteiger partial charge in [0.1, 0.15) is 30.2 Å². The van der Waals surface area contributed by atoms with Crippen LogP contribution in [0.2, 0.25) is 0 Å². The topological polar surface area (TPSA) is 154 Å². The van der Waals surface area contributed by atoms with Crippen LogP contribution in [-0.4, -0.2) is 45.4 Å². The summed E-state index contributed by atoms with van der Waals surface area (Å²) < 4.78 is 18.3. The van der Waals surface area contributed by atoms with Crippen LogP contribution in [0.25, 0.3) is 0 Å². The van der Waals surface area contributed by atoms with E-state index in [-0.39, 0.29) is 24.7 Å². The van der Waals surface area contributed by atoms with E-state index in [0.717, 1.165) is 11.1 Å². The lowest BCUT2D eigenvalue weighted by molar-refractivity contribution is -0.132. The molecule has 0 aliphatic carbocycles. The molecule has 3 aromatic rings. The van der Waals surface area contributed by atoms with Crippen LogP contribution in [0.4, 0.5) is 0 Å². The fourth-order valence-corrected chi connectivity index (χ4v) is 5.19. The highest BCUT2D eigenvalue weighted by Gasteiger charge is 2.35. The van der Waals surface area contributed by atoms with Crippen LogP contribution in [0.3, 0.4) is 0 Å². The highest BCUT2D eigenvalue weighted by molar-refractivity contribution is 7.52. The van der Waals surface area contributed by atoms with Gasteiger partial charge in [-0.15, -0.1) is 0 Å². The van der Waals surface area contributed by atoms with E-state index in [1.165, 1.54) is 6.92 Å². The number of hydrogen-bond donors (Lipinski definition) is 5. The van der Waals surface area contributed by atoms with Crippen molar-refractivity contribution >= 4 is 25.3 Å². The third-order valence-electron chi connectivity index (χ3n) is 7.09. The minimum absolute atomic E-state index is 0.0764. The summed E-state index contributed by atoms with van der Waals surface area (Å²) in [4.78, 5) is 58.8. The molecule has 43 heavy (non-hydrogen) atoms. The van der Waals surface area contributed by atoms with Crippen LogP contribution in [0.5, 0.6) is 5.75 Å². The summed E-state index contributed by atoms with van der Waals surface area (Å²) in [5.41, 5.74) is 2.31. The summed E-state index contributed by atoms with van der Waals surface area (Å²) in [5, 5.41) is 7.83. The van der Waals surface area contributed by atoms with Crippen LogP contribution in [0.1, 0.15) is 43.9 Å². The van der Waals surface area contributed by atoms with E-state index < -0.39 is 37.3 Å². The van der Waals surface area contributed by atoms with Crippen molar-refractivity contribution in [1.29, 1.82) is 0 Å². The van der Waals surface area contributed by atoms with Crippen molar-refractivity contribution in [3.05, 3.63) is 102 Å². The molecule has 0 heterocycles. The predicted octanol–water partition coefficient (Wildman–Crippen LogP) is 3.71. The van der Waals surface area contributed by atoms with E-state index in [4.69, 9.17) is 4.74 Å². The molecule has 230 valence electrons. The number of amides is 3. The van der Waals surface area contributed by atoms with Gasteiger partial charge in [-0.25, -0.2) is 0 Å². The first-order valence-electron chi connectivity index (χ1n) is 14.2. The van der Waals surface area contributed by atoms with Crippen molar-refractivity contribution < 1.29 is 33.5 Å². The van der Waals surface area contributed by atoms with E-state index in [1.807, 2.05) is 50.2 Å². The number of nitrogens with one attached hydrogen (secondary N) is 3. The van der Waals surface area contributed by atoms with Crippen molar-refractivity contribution in [2.24, 2.45) is 5.92 Å². The zero-order valence-electron chi connectivity index (χ0n) is 24.6. The lowest BCUT2D eigenvalue weighted by Crippen LogP contribution is -2.57. The molecule has 11 heteroatoms. The third kappa shape index (κ3) is 11.0. The highest BCUT2D eigenvalue weighted by atomic mass is 31.2. The van der Waals surface area contributed by atoms with Gasteiger partial charge in [-0.2, -0.15) is 0 Å². The van der Waals surface area contributed by atoms with Gasteiger partial charge in [-0.05, 0) is 34.7 Å². The van der Waals surface area contributed by atoms with Gasteiger partial charge in [-0.3, -0.25) is 18.9 Å². The fourth-order valence-electron chi connectivity index (χ4n) is 4.45. The average Bonchev–Trinajstić information content (AvgIpc) is 2.98. The van der Waals surface area contributed by atoms with Crippen LogP contribution >= 0.6 is 7.60 Å². The van der Waals surface area contributed by atoms with Crippen molar-refractivity contribution in [2.45, 2.75) is 64.5 Å². The Morgan fingerprint density at radius 1 is 0.767 bits per heavy atom. The molecular formula is C32H40N3O7P. The second kappa shape index (κ2) is 16.0. The molecule has 3 aromatic carbocycles. The molecule has 3 rings (SSSR count). The highest BCUT2D eigenvalue weighted by Crippen LogP contribution is 2.41. The summed E-state index contributed by atoms with van der Waals surface area (Å²) in [6.45, 7) is 5.38. The van der Waals surface area contributed by atoms with E-state index in [9.17, 15) is 28.7 Å². The molecule has 0 aromatic heterocycles. The van der Waals surface area contributed by atoms with E-state index >= 15 is 0 Å². The van der Waals surface area contributed by atoms with Crippen molar-refractivity contribution in [2.75, 3.05) is 0 Å². The molecule has 3 amide bonds. The number of carbonyl (C=O) groups is 3. The number of ether oxygens (including phenoxy) is 1. The smallest absolute Gasteiger partial charge is 0.347 e. The molecular weight excluding hydrogens is 569 g/mol. The number of hydrogen-bond acceptors (Lipinski definition) is 5. The summed E-state index contributed by atoms with van der Waals surface area (Å²) in [5.74, 6) is -2.86. The quantitative estimate of drug-likeness (QED) is 0.165. The molecule has 0 aliphatic heterocycles. The van der Waals surface area contributed by atoms with Crippen LogP contribution in [-0.2, 0) is 38.4 Å². The second-order valence-electron chi connectivity index (χ2n) is 10.6. The van der Waals surface area contributed by atoms with Crippen molar-refractivity contribution in [3.63, 3.8) is 0 Å².